The molecule has 3 N–H and O–H groups in total. The van der Waals surface area contributed by atoms with Gasteiger partial charge in [-0.3, -0.25) is 4.79 Å². The maximum absolute atomic E-state index is 11.0. The summed E-state index contributed by atoms with van der Waals surface area (Å²) in [5.74, 6) is -0.927. The fourth-order valence-corrected chi connectivity index (χ4v) is 1.45. The molecule has 0 spiro atoms. The highest BCUT2D eigenvalue weighted by molar-refractivity contribution is 5.77. The zero-order valence-corrected chi connectivity index (χ0v) is 8.18. The Morgan fingerprint density at radius 3 is 2.43 bits per heavy atom. The summed E-state index contributed by atoms with van der Waals surface area (Å²) in [5.41, 5.74) is 6.15. The summed E-state index contributed by atoms with van der Waals surface area (Å²) in [6.45, 7) is 1.67. The van der Waals surface area contributed by atoms with Crippen molar-refractivity contribution in [2.75, 3.05) is 6.61 Å². The Balaban J connectivity index is 2.87. The number of benzene rings is 1. The normalized spacial score (nSPS) is 14.7. The summed E-state index contributed by atoms with van der Waals surface area (Å²) in [5, 5.41) is 9.19. The standard InChI is InChI=1S/C11H15NO2/c1-8(11(12)14)10(7-13)9-5-3-2-4-6-9/h2-6,8,10,13H,7H2,1H3,(H2,12,14)/t8?,10-/m1/s1. The van der Waals surface area contributed by atoms with E-state index in [9.17, 15) is 9.90 Å². The van der Waals surface area contributed by atoms with Crippen molar-refractivity contribution in [1.29, 1.82) is 0 Å². The molecule has 0 aliphatic rings. The number of carbonyl (C=O) groups is 1. The SMILES string of the molecule is CC(C(N)=O)[C@@H](CO)c1ccccc1. The van der Waals surface area contributed by atoms with E-state index in [0.717, 1.165) is 5.56 Å². The fourth-order valence-electron chi connectivity index (χ4n) is 1.45. The molecule has 3 nitrogen and oxygen atoms in total. The van der Waals surface area contributed by atoms with Gasteiger partial charge in [-0.05, 0) is 5.56 Å². The number of amides is 1. The first-order valence-corrected chi connectivity index (χ1v) is 4.62. The molecule has 1 aromatic carbocycles. The number of hydrogen-bond donors (Lipinski definition) is 2. The van der Waals surface area contributed by atoms with E-state index in [2.05, 4.69) is 0 Å². The van der Waals surface area contributed by atoms with Crippen molar-refractivity contribution in [2.45, 2.75) is 12.8 Å². The summed E-state index contributed by atoms with van der Waals surface area (Å²) < 4.78 is 0. The molecule has 0 aliphatic carbocycles. The van der Waals surface area contributed by atoms with E-state index in [-0.39, 0.29) is 24.3 Å². The van der Waals surface area contributed by atoms with Crippen molar-refractivity contribution in [1.82, 2.24) is 0 Å². The van der Waals surface area contributed by atoms with E-state index in [1.807, 2.05) is 30.3 Å². The van der Waals surface area contributed by atoms with Crippen LogP contribution in [-0.2, 0) is 4.79 Å². The Kier molecular flexibility index (Phi) is 3.65. The van der Waals surface area contributed by atoms with Crippen LogP contribution in [0.4, 0.5) is 0 Å². The van der Waals surface area contributed by atoms with Crippen LogP contribution in [0.5, 0.6) is 0 Å². The zero-order chi connectivity index (χ0) is 10.6. The van der Waals surface area contributed by atoms with Crippen molar-refractivity contribution in [3.8, 4) is 0 Å². The predicted molar refractivity (Wildman–Crippen MR) is 54.6 cm³/mol. The smallest absolute Gasteiger partial charge is 0.220 e. The summed E-state index contributed by atoms with van der Waals surface area (Å²) in [4.78, 5) is 11.0. The van der Waals surface area contributed by atoms with E-state index < -0.39 is 0 Å². The van der Waals surface area contributed by atoms with Gasteiger partial charge < -0.3 is 10.8 Å². The van der Waals surface area contributed by atoms with Crippen LogP contribution in [0.15, 0.2) is 30.3 Å². The number of rotatable bonds is 4. The van der Waals surface area contributed by atoms with Crippen LogP contribution in [0.1, 0.15) is 18.4 Å². The third-order valence-corrected chi connectivity index (χ3v) is 2.48. The van der Waals surface area contributed by atoms with E-state index in [1.54, 1.807) is 6.92 Å². The number of nitrogens with two attached hydrogens (primary N) is 1. The summed E-state index contributed by atoms with van der Waals surface area (Å²) >= 11 is 0. The van der Waals surface area contributed by atoms with E-state index >= 15 is 0 Å². The first-order chi connectivity index (χ1) is 6.66. The zero-order valence-electron chi connectivity index (χ0n) is 8.18. The lowest BCUT2D eigenvalue weighted by atomic mass is 9.87. The number of aliphatic hydroxyl groups is 1. The lowest BCUT2D eigenvalue weighted by molar-refractivity contribution is -0.122. The second-order valence-corrected chi connectivity index (χ2v) is 3.39. The molecular weight excluding hydrogens is 178 g/mol. The minimum Gasteiger partial charge on any atom is -0.396 e. The lowest BCUT2D eigenvalue weighted by Crippen LogP contribution is -2.28. The maximum atomic E-state index is 11.0. The van der Waals surface area contributed by atoms with Crippen molar-refractivity contribution in [2.24, 2.45) is 11.7 Å². The second kappa shape index (κ2) is 4.77. The third-order valence-electron chi connectivity index (χ3n) is 2.48. The quantitative estimate of drug-likeness (QED) is 0.745. The van der Waals surface area contributed by atoms with Crippen LogP contribution < -0.4 is 5.73 Å². The number of aliphatic hydroxyl groups excluding tert-OH is 1. The van der Waals surface area contributed by atoms with Gasteiger partial charge >= 0.3 is 0 Å². The molecule has 3 heteroatoms. The van der Waals surface area contributed by atoms with Gasteiger partial charge in [-0.1, -0.05) is 37.3 Å². The molecule has 14 heavy (non-hydrogen) atoms. The van der Waals surface area contributed by atoms with Gasteiger partial charge in [-0.2, -0.15) is 0 Å². The molecule has 2 atom stereocenters. The largest absolute Gasteiger partial charge is 0.396 e. The molecule has 1 rings (SSSR count). The molecule has 0 fully saturated rings. The van der Waals surface area contributed by atoms with Crippen molar-refractivity contribution in [3.63, 3.8) is 0 Å². The van der Waals surface area contributed by atoms with Gasteiger partial charge in [0.25, 0.3) is 0 Å². The van der Waals surface area contributed by atoms with E-state index in [0.29, 0.717) is 0 Å². The second-order valence-electron chi connectivity index (χ2n) is 3.39. The fraction of sp³-hybridized carbons (Fsp3) is 0.364. The number of hydrogen-bond acceptors (Lipinski definition) is 2. The Morgan fingerprint density at radius 2 is 2.00 bits per heavy atom. The van der Waals surface area contributed by atoms with Crippen LogP contribution in [0.3, 0.4) is 0 Å². The highest BCUT2D eigenvalue weighted by Crippen LogP contribution is 2.23. The van der Waals surface area contributed by atoms with Gasteiger partial charge in [0.2, 0.25) is 5.91 Å². The van der Waals surface area contributed by atoms with Crippen molar-refractivity contribution in [3.05, 3.63) is 35.9 Å². The molecule has 1 amide bonds. The minimum absolute atomic E-state index is 0.0614. The average molecular weight is 193 g/mol. The Morgan fingerprint density at radius 1 is 1.43 bits per heavy atom. The molecule has 76 valence electrons. The molecule has 0 radical (unpaired) electrons. The Labute approximate surface area is 83.6 Å². The monoisotopic (exact) mass is 193 g/mol. The lowest BCUT2D eigenvalue weighted by Gasteiger charge is -2.19. The Bertz CT molecular complexity index is 297. The van der Waals surface area contributed by atoms with E-state index in [1.165, 1.54) is 0 Å². The van der Waals surface area contributed by atoms with Crippen LogP contribution in [0, 0.1) is 5.92 Å². The number of carbonyl (C=O) groups excluding carboxylic acids is 1. The molecule has 0 heterocycles. The van der Waals surface area contributed by atoms with Gasteiger partial charge in [0.1, 0.15) is 0 Å². The van der Waals surface area contributed by atoms with E-state index in [4.69, 9.17) is 5.73 Å². The van der Waals surface area contributed by atoms with Crippen molar-refractivity contribution >= 4 is 5.91 Å². The van der Waals surface area contributed by atoms with Crippen LogP contribution in [-0.4, -0.2) is 17.6 Å². The van der Waals surface area contributed by atoms with Crippen LogP contribution in [0.2, 0.25) is 0 Å². The van der Waals surface area contributed by atoms with Crippen LogP contribution >= 0.6 is 0 Å². The van der Waals surface area contributed by atoms with Crippen LogP contribution in [0.25, 0.3) is 0 Å². The average Bonchev–Trinajstić information content (AvgIpc) is 2.20. The van der Waals surface area contributed by atoms with Gasteiger partial charge in [0.05, 0.1) is 6.61 Å². The molecule has 0 bridgehead atoms. The minimum atomic E-state index is -0.382. The Hall–Kier alpha value is -1.35. The predicted octanol–water partition coefficient (Wildman–Crippen LogP) is 0.884. The third kappa shape index (κ3) is 2.33. The molecule has 1 aromatic rings. The van der Waals surface area contributed by atoms with Crippen molar-refractivity contribution < 1.29 is 9.90 Å². The molecule has 0 saturated heterocycles. The molecule has 0 aliphatic heterocycles. The maximum Gasteiger partial charge on any atom is 0.220 e. The van der Waals surface area contributed by atoms with Gasteiger partial charge in [-0.25, -0.2) is 0 Å². The summed E-state index contributed by atoms with van der Waals surface area (Å²) in [6.07, 6.45) is 0. The van der Waals surface area contributed by atoms with Gasteiger partial charge in [-0.15, -0.1) is 0 Å². The van der Waals surface area contributed by atoms with Gasteiger partial charge in [0.15, 0.2) is 0 Å². The van der Waals surface area contributed by atoms with Gasteiger partial charge in [0, 0.05) is 11.8 Å². The summed E-state index contributed by atoms with van der Waals surface area (Å²) in [7, 11) is 0. The first kappa shape index (κ1) is 10.7. The summed E-state index contributed by atoms with van der Waals surface area (Å²) in [6, 6.07) is 9.44. The molecule has 0 saturated carbocycles. The highest BCUT2D eigenvalue weighted by atomic mass is 16.3. The molecule has 1 unspecified atom stereocenters. The number of primary amides is 1. The topological polar surface area (TPSA) is 63.3 Å². The highest BCUT2D eigenvalue weighted by Gasteiger charge is 2.22. The molecule has 0 aromatic heterocycles. The first-order valence-electron chi connectivity index (χ1n) is 4.62. The molecular formula is C11H15NO2.